The van der Waals surface area contributed by atoms with Gasteiger partial charge in [0.2, 0.25) is 0 Å². The Morgan fingerprint density at radius 1 is 0.704 bits per heavy atom. The lowest BCUT2D eigenvalue weighted by Gasteiger charge is -2.14. The summed E-state index contributed by atoms with van der Waals surface area (Å²) in [6.45, 7) is 0.654. The second kappa shape index (κ2) is 15.5. The van der Waals surface area contributed by atoms with Crippen molar-refractivity contribution in [2.24, 2.45) is 0 Å². The normalized spacial score (nSPS) is 13.4. The summed E-state index contributed by atoms with van der Waals surface area (Å²) in [5, 5.41) is 0. The number of alkyl halides is 3. The Kier molecular flexibility index (Phi) is 19.0. The second-order valence-electron chi connectivity index (χ2n) is 3.83. The van der Waals surface area contributed by atoms with E-state index in [2.05, 4.69) is 36.2 Å². The Balaban J connectivity index is -0.000000126. The van der Waals surface area contributed by atoms with Crippen LogP contribution in [0.25, 0.3) is 0 Å². The number of hydrogen-bond donors (Lipinski definition) is 0. The maximum absolute atomic E-state index is 9.75. The average molecular weight is 443 g/mol. The Morgan fingerprint density at radius 3 is 1.00 bits per heavy atom. The van der Waals surface area contributed by atoms with Crippen molar-refractivity contribution in [2.45, 2.75) is 13.6 Å². The van der Waals surface area contributed by atoms with Gasteiger partial charge in [-0.05, 0) is 6.92 Å². The number of halogens is 15. The molecular formula is C7H13B3F15N2-3. The van der Waals surface area contributed by atoms with Gasteiger partial charge in [-0.3, -0.25) is 0 Å². The average Bonchev–Trinajstić information content (AvgIpc) is 2.67. The third-order valence-corrected chi connectivity index (χ3v) is 1.34. The van der Waals surface area contributed by atoms with E-state index in [4.69, 9.17) is 0 Å². The molecule has 1 heterocycles. The van der Waals surface area contributed by atoms with Gasteiger partial charge in [-0.1, -0.05) is 0 Å². The predicted molar refractivity (Wildman–Crippen MR) is 71.8 cm³/mol. The molecule has 2 nitrogen and oxygen atoms in total. The quantitative estimate of drug-likeness (QED) is 0.376. The van der Waals surface area contributed by atoms with Gasteiger partial charge in [-0.25, -0.2) is 0 Å². The van der Waals surface area contributed by atoms with Gasteiger partial charge in [-0.2, -0.15) is 13.2 Å². The zero-order valence-corrected chi connectivity index (χ0v) is 13.4. The van der Waals surface area contributed by atoms with Crippen LogP contribution >= 0.6 is 0 Å². The first-order valence-corrected chi connectivity index (χ1v) is 6.23. The molecule has 0 aromatic heterocycles. The van der Waals surface area contributed by atoms with Gasteiger partial charge in [-0.15, -0.1) is 0 Å². The summed E-state index contributed by atoms with van der Waals surface area (Å²) in [6, 6.07) is 0. The van der Waals surface area contributed by atoms with E-state index in [1.165, 1.54) is 0 Å². The summed E-state index contributed by atoms with van der Waals surface area (Å²) < 4.78 is 146. The van der Waals surface area contributed by atoms with E-state index in [1.54, 1.807) is 0 Å². The van der Waals surface area contributed by atoms with Crippen LogP contribution in [-0.2, 0) is 0 Å². The molecule has 168 valence electrons. The highest BCUT2D eigenvalue weighted by molar-refractivity contribution is 6.50. The first kappa shape index (κ1) is 33.1. The highest BCUT2D eigenvalue weighted by Crippen LogP contribution is 2.07. The molecule has 0 N–H and O–H groups in total. The first-order valence-electron chi connectivity index (χ1n) is 6.23. The van der Waals surface area contributed by atoms with Crippen molar-refractivity contribution in [1.82, 2.24) is 9.80 Å². The standard InChI is InChI=1S/C6H12N2.CHF3.3BF4/c1-3-8-5-4-7(2)6-8;2-1(3)4;3*2-1(3,4)5/h4-5H,3,6H2,1-2H3;1H;;;/q;;3*-1. The summed E-state index contributed by atoms with van der Waals surface area (Å²) in [5.41, 5.74) is 0. The summed E-state index contributed by atoms with van der Waals surface area (Å²) in [4.78, 5) is 4.41. The summed E-state index contributed by atoms with van der Waals surface area (Å²) >= 11 is 0. The van der Waals surface area contributed by atoms with Crippen LogP contribution in [0.4, 0.5) is 65.0 Å². The summed E-state index contributed by atoms with van der Waals surface area (Å²) in [5.74, 6) is 0. The predicted octanol–water partition coefficient (Wildman–Crippen LogP) is 5.76. The molecule has 0 aromatic carbocycles. The number of hydrogen-bond acceptors (Lipinski definition) is 2. The van der Waals surface area contributed by atoms with E-state index in [-0.39, 0.29) is 0 Å². The van der Waals surface area contributed by atoms with Crippen molar-refractivity contribution < 1.29 is 65.0 Å². The second-order valence-corrected chi connectivity index (χ2v) is 3.83. The molecule has 1 rings (SSSR count). The maximum Gasteiger partial charge on any atom is 0.673 e. The van der Waals surface area contributed by atoms with E-state index in [1.807, 2.05) is 0 Å². The molecule has 0 fully saturated rings. The summed E-state index contributed by atoms with van der Waals surface area (Å²) in [7, 11) is -15.9. The van der Waals surface area contributed by atoms with E-state index >= 15 is 0 Å². The number of nitrogens with zero attached hydrogens (tertiary/aromatic N) is 2. The van der Waals surface area contributed by atoms with Gasteiger partial charge in [0, 0.05) is 26.0 Å². The van der Waals surface area contributed by atoms with Crippen molar-refractivity contribution in [3.8, 4) is 0 Å². The molecule has 0 spiro atoms. The fourth-order valence-electron chi connectivity index (χ4n) is 0.794. The third kappa shape index (κ3) is 138. The molecule has 20 heteroatoms. The monoisotopic (exact) mass is 443 g/mol. The van der Waals surface area contributed by atoms with Crippen molar-refractivity contribution in [3.63, 3.8) is 0 Å². The molecule has 0 saturated carbocycles. The SMILES string of the molecule is CCN1C=CN(C)C1.FC(F)F.F[B-](F)(F)F.F[B-](F)(F)F.F[B-](F)(F)F. The number of rotatable bonds is 1. The van der Waals surface area contributed by atoms with Gasteiger partial charge >= 0.3 is 28.4 Å². The lowest BCUT2D eigenvalue weighted by atomic mass is 10.3. The zero-order chi connectivity index (χ0) is 23.1. The van der Waals surface area contributed by atoms with Crippen LogP contribution in [0.5, 0.6) is 0 Å². The van der Waals surface area contributed by atoms with E-state index in [9.17, 15) is 65.0 Å². The van der Waals surface area contributed by atoms with Gasteiger partial charge in [0.15, 0.2) is 0 Å². The van der Waals surface area contributed by atoms with Crippen molar-refractivity contribution in [2.75, 3.05) is 20.3 Å². The van der Waals surface area contributed by atoms with Crippen molar-refractivity contribution in [3.05, 3.63) is 12.4 Å². The van der Waals surface area contributed by atoms with Crippen LogP contribution in [-0.4, -0.2) is 58.5 Å². The van der Waals surface area contributed by atoms with Crippen LogP contribution in [0.3, 0.4) is 0 Å². The fraction of sp³-hybridized carbons (Fsp3) is 0.714. The lowest BCUT2D eigenvalue weighted by Crippen LogP contribution is -2.21. The zero-order valence-electron chi connectivity index (χ0n) is 13.4. The Bertz CT molecular complexity index is 306. The van der Waals surface area contributed by atoms with E-state index in [0.717, 1.165) is 13.2 Å². The molecule has 0 aliphatic carbocycles. The minimum Gasteiger partial charge on any atom is -0.418 e. The third-order valence-electron chi connectivity index (χ3n) is 1.34. The fourth-order valence-corrected chi connectivity index (χ4v) is 0.794. The molecule has 0 aromatic rings. The first-order chi connectivity index (χ1) is 11.6. The van der Waals surface area contributed by atoms with Gasteiger partial charge in [0.05, 0.1) is 6.67 Å². The molecule has 1 aliphatic heterocycles. The molecule has 0 amide bonds. The smallest absolute Gasteiger partial charge is 0.418 e. The van der Waals surface area contributed by atoms with Crippen LogP contribution < -0.4 is 0 Å². The van der Waals surface area contributed by atoms with Crippen LogP contribution in [0.1, 0.15) is 6.92 Å². The topological polar surface area (TPSA) is 6.48 Å². The molecule has 0 saturated heterocycles. The minimum absolute atomic E-state index is 1.05. The molecule has 0 radical (unpaired) electrons. The Morgan fingerprint density at radius 2 is 0.926 bits per heavy atom. The van der Waals surface area contributed by atoms with Crippen LogP contribution in [0.15, 0.2) is 12.4 Å². The van der Waals surface area contributed by atoms with Crippen molar-refractivity contribution in [1.29, 1.82) is 0 Å². The molecule has 1 aliphatic rings. The van der Waals surface area contributed by atoms with Gasteiger partial charge in [0.25, 0.3) is 0 Å². The van der Waals surface area contributed by atoms with E-state index < -0.39 is 28.4 Å². The van der Waals surface area contributed by atoms with Crippen LogP contribution in [0, 0.1) is 0 Å². The van der Waals surface area contributed by atoms with Crippen LogP contribution in [0.2, 0.25) is 0 Å². The Labute approximate surface area is 144 Å². The van der Waals surface area contributed by atoms with Crippen molar-refractivity contribution >= 4 is 21.8 Å². The van der Waals surface area contributed by atoms with Gasteiger partial charge < -0.3 is 61.6 Å². The largest absolute Gasteiger partial charge is 0.673 e. The maximum atomic E-state index is 9.75. The minimum atomic E-state index is -6.00. The molecular weight excluding hydrogens is 429 g/mol. The molecule has 27 heavy (non-hydrogen) atoms. The Hall–Kier alpha value is -1.52. The van der Waals surface area contributed by atoms with E-state index in [0.29, 0.717) is 0 Å². The molecule has 0 bridgehead atoms. The molecule has 0 unspecified atom stereocenters. The van der Waals surface area contributed by atoms with Gasteiger partial charge in [0.1, 0.15) is 0 Å². The summed E-state index contributed by atoms with van der Waals surface area (Å²) in [6.07, 6.45) is 4.20. The highest BCUT2D eigenvalue weighted by atomic mass is 19.5. The lowest BCUT2D eigenvalue weighted by molar-refractivity contribution is 0.00818. The highest BCUT2D eigenvalue weighted by Gasteiger charge is 2.21. The molecule has 0 atom stereocenters.